The highest BCUT2D eigenvalue weighted by Gasteiger charge is 2.50. The molecular formula is C14H19BO4. The van der Waals surface area contributed by atoms with Crippen LogP contribution in [0.5, 0.6) is 0 Å². The van der Waals surface area contributed by atoms with Gasteiger partial charge in [0.05, 0.1) is 16.8 Å². The van der Waals surface area contributed by atoms with Crippen molar-refractivity contribution < 1.29 is 19.2 Å². The molecule has 2 rings (SSSR count). The first-order chi connectivity index (χ1) is 8.71. The number of hydrogen-bond acceptors (Lipinski definition) is 3. The second-order valence-electron chi connectivity index (χ2n) is 5.90. The Kier molecular flexibility index (Phi) is 3.45. The molecule has 5 heteroatoms. The molecule has 4 nitrogen and oxygen atoms in total. The van der Waals surface area contributed by atoms with Gasteiger partial charge in [-0.05, 0) is 45.4 Å². The fraction of sp³-hybridized carbons (Fsp3) is 0.500. The predicted octanol–water partition coefficient (Wildman–Crippen LogP) is 2.56. The molecule has 1 fully saturated rings. The van der Waals surface area contributed by atoms with Gasteiger partial charge >= 0.3 is 13.1 Å². The molecule has 0 bridgehead atoms. The summed E-state index contributed by atoms with van der Waals surface area (Å²) < 4.78 is 11.8. The quantitative estimate of drug-likeness (QED) is 0.850. The number of aromatic carboxylic acids is 1. The summed E-state index contributed by atoms with van der Waals surface area (Å²) in [5.41, 5.74) is 0.469. The summed E-state index contributed by atoms with van der Waals surface area (Å²) >= 11 is 0. The van der Waals surface area contributed by atoms with Crippen LogP contribution >= 0.6 is 0 Å². The lowest BCUT2D eigenvalue weighted by atomic mass is 9.80. The maximum absolute atomic E-state index is 10.9. The smallest absolute Gasteiger partial charge is 0.462 e. The third kappa shape index (κ3) is 2.82. The molecule has 102 valence electrons. The van der Waals surface area contributed by atoms with Gasteiger partial charge in [-0.3, -0.25) is 0 Å². The van der Waals surface area contributed by atoms with Gasteiger partial charge in [0, 0.05) is 6.32 Å². The Morgan fingerprint density at radius 2 is 1.79 bits per heavy atom. The fourth-order valence-corrected chi connectivity index (χ4v) is 2.07. The number of carboxylic acid groups (broad SMARTS) is 1. The van der Waals surface area contributed by atoms with Gasteiger partial charge in [-0.2, -0.15) is 0 Å². The van der Waals surface area contributed by atoms with Gasteiger partial charge in [0.25, 0.3) is 0 Å². The normalized spacial score (nSPS) is 20.5. The molecule has 19 heavy (non-hydrogen) atoms. The van der Waals surface area contributed by atoms with Gasteiger partial charge in [0.15, 0.2) is 0 Å². The van der Waals surface area contributed by atoms with E-state index in [0.29, 0.717) is 6.32 Å². The molecule has 0 aromatic heterocycles. The van der Waals surface area contributed by atoms with Crippen molar-refractivity contribution in [1.29, 1.82) is 0 Å². The molecule has 0 amide bonds. The lowest BCUT2D eigenvalue weighted by molar-refractivity contribution is 0.00578. The second kappa shape index (κ2) is 4.65. The Morgan fingerprint density at radius 1 is 1.21 bits per heavy atom. The lowest BCUT2D eigenvalue weighted by Crippen LogP contribution is -2.41. The van der Waals surface area contributed by atoms with Crippen LogP contribution in [0.4, 0.5) is 0 Å². The van der Waals surface area contributed by atoms with Crippen LogP contribution in [0.25, 0.3) is 0 Å². The predicted molar refractivity (Wildman–Crippen MR) is 73.2 cm³/mol. The van der Waals surface area contributed by atoms with E-state index in [1.807, 2.05) is 33.8 Å². The van der Waals surface area contributed by atoms with E-state index in [1.165, 1.54) is 0 Å². The average Bonchev–Trinajstić information content (AvgIpc) is 2.47. The van der Waals surface area contributed by atoms with Crippen molar-refractivity contribution in [2.24, 2.45) is 0 Å². The summed E-state index contributed by atoms with van der Waals surface area (Å²) in [6.45, 7) is 8.00. The Bertz CT molecular complexity index is 480. The SMILES string of the molecule is CC1(C)OB(Cc2cccc(C(=O)O)c2)OC1(C)C. The molecule has 1 aliphatic heterocycles. The van der Waals surface area contributed by atoms with Gasteiger partial charge in [0.2, 0.25) is 0 Å². The zero-order valence-electron chi connectivity index (χ0n) is 11.8. The third-order valence-electron chi connectivity index (χ3n) is 3.88. The van der Waals surface area contributed by atoms with E-state index in [-0.39, 0.29) is 23.9 Å². The Morgan fingerprint density at radius 3 is 2.32 bits per heavy atom. The third-order valence-corrected chi connectivity index (χ3v) is 3.88. The van der Waals surface area contributed by atoms with E-state index in [0.717, 1.165) is 5.56 Å². The van der Waals surface area contributed by atoms with E-state index < -0.39 is 5.97 Å². The monoisotopic (exact) mass is 262 g/mol. The Balaban J connectivity index is 2.11. The molecule has 0 spiro atoms. The minimum absolute atomic E-state index is 0.286. The molecule has 0 atom stereocenters. The molecule has 0 unspecified atom stereocenters. The van der Waals surface area contributed by atoms with Crippen LogP contribution in [-0.2, 0) is 15.6 Å². The van der Waals surface area contributed by atoms with Crippen LogP contribution in [0.1, 0.15) is 43.6 Å². The zero-order valence-corrected chi connectivity index (χ0v) is 11.8. The lowest BCUT2D eigenvalue weighted by Gasteiger charge is -2.32. The van der Waals surface area contributed by atoms with Crippen LogP contribution in [-0.4, -0.2) is 29.4 Å². The summed E-state index contributed by atoms with van der Waals surface area (Å²) in [6.07, 6.45) is 0.550. The zero-order chi connectivity index (χ0) is 14.3. The minimum atomic E-state index is -0.921. The highest BCUT2D eigenvalue weighted by atomic mass is 16.7. The largest absolute Gasteiger partial charge is 0.478 e. The fourth-order valence-electron chi connectivity index (χ4n) is 2.07. The van der Waals surface area contributed by atoms with Crippen LogP contribution in [0.3, 0.4) is 0 Å². The van der Waals surface area contributed by atoms with Gasteiger partial charge in [-0.15, -0.1) is 0 Å². The average molecular weight is 262 g/mol. The number of rotatable bonds is 3. The highest BCUT2D eigenvalue weighted by Crippen LogP contribution is 2.37. The van der Waals surface area contributed by atoms with E-state index >= 15 is 0 Å². The molecule has 1 heterocycles. The minimum Gasteiger partial charge on any atom is -0.478 e. The van der Waals surface area contributed by atoms with Crippen molar-refractivity contribution >= 4 is 13.1 Å². The van der Waals surface area contributed by atoms with Crippen molar-refractivity contribution in [3.63, 3.8) is 0 Å². The topological polar surface area (TPSA) is 55.8 Å². The number of carboxylic acids is 1. The van der Waals surface area contributed by atoms with Crippen molar-refractivity contribution in [2.45, 2.75) is 45.2 Å². The number of carbonyl (C=O) groups is 1. The van der Waals surface area contributed by atoms with E-state index in [4.69, 9.17) is 14.4 Å². The second-order valence-corrected chi connectivity index (χ2v) is 5.90. The van der Waals surface area contributed by atoms with Crippen LogP contribution in [0.2, 0.25) is 0 Å². The van der Waals surface area contributed by atoms with Gasteiger partial charge < -0.3 is 14.4 Å². The molecule has 0 aliphatic carbocycles. The summed E-state index contributed by atoms with van der Waals surface area (Å²) in [5, 5.41) is 8.97. The standard InChI is InChI=1S/C14H19BO4/c1-13(2)14(3,4)19-15(18-13)9-10-6-5-7-11(8-10)12(16)17/h5-8H,9H2,1-4H3,(H,16,17). The Hall–Kier alpha value is -1.33. The maximum atomic E-state index is 10.9. The van der Waals surface area contributed by atoms with E-state index in [2.05, 4.69) is 0 Å². The summed E-state index contributed by atoms with van der Waals surface area (Å²) in [6, 6.07) is 6.87. The molecule has 1 aromatic rings. The molecular weight excluding hydrogens is 243 g/mol. The molecule has 1 N–H and O–H groups in total. The van der Waals surface area contributed by atoms with Crippen molar-refractivity contribution in [2.75, 3.05) is 0 Å². The first-order valence-electron chi connectivity index (χ1n) is 6.39. The van der Waals surface area contributed by atoms with Gasteiger partial charge in [-0.1, -0.05) is 12.1 Å². The van der Waals surface area contributed by atoms with E-state index in [9.17, 15) is 4.79 Å². The van der Waals surface area contributed by atoms with Gasteiger partial charge in [-0.25, -0.2) is 4.79 Å². The number of benzene rings is 1. The highest BCUT2D eigenvalue weighted by molar-refractivity contribution is 6.45. The molecule has 0 radical (unpaired) electrons. The van der Waals surface area contributed by atoms with Crippen molar-refractivity contribution in [1.82, 2.24) is 0 Å². The van der Waals surface area contributed by atoms with E-state index in [1.54, 1.807) is 18.2 Å². The van der Waals surface area contributed by atoms with Gasteiger partial charge in [0.1, 0.15) is 0 Å². The Labute approximate surface area is 113 Å². The summed E-state index contributed by atoms with van der Waals surface area (Å²) in [7, 11) is -0.339. The summed E-state index contributed by atoms with van der Waals surface area (Å²) in [5.74, 6) is -0.921. The van der Waals surface area contributed by atoms with Crippen molar-refractivity contribution in [3.05, 3.63) is 35.4 Å². The molecule has 1 saturated heterocycles. The maximum Gasteiger partial charge on any atom is 0.462 e. The van der Waals surface area contributed by atoms with Crippen LogP contribution in [0, 0.1) is 0 Å². The summed E-state index contributed by atoms with van der Waals surface area (Å²) in [4.78, 5) is 10.9. The van der Waals surface area contributed by atoms with Crippen molar-refractivity contribution in [3.8, 4) is 0 Å². The first kappa shape index (κ1) is 14.1. The van der Waals surface area contributed by atoms with Crippen LogP contribution in [0.15, 0.2) is 24.3 Å². The number of hydrogen-bond donors (Lipinski definition) is 1. The van der Waals surface area contributed by atoms with Crippen LogP contribution < -0.4 is 0 Å². The first-order valence-corrected chi connectivity index (χ1v) is 6.39. The molecule has 1 aliphatic rings. The molecule has 1 aromatic carbocycles. The molecule has 0 saturated carbocycles.